The average Bonchev–Trinajstić information content (AvgIpc) is 2.06. The summed E-state index contributed by atoms with van der Waals surface area (Å²) in [6.45, 7) is 7.48. The van der Waals surface area contributed by atoms with Gasteiger partial charge in [-0.15, -0.1) is 0 Å². The van der Waals surface area contributed by atoms with E-state index in [1.807, 2.05) is 6.07 Å². The largest absolute Gasteiger partial charge is 0.417 e. The molecule has 0 bridgehead atoms. The fourth-order valence-electron chi connectivity index (χ4n) is 1.17. The standard InChI is InChI=1S/C11H17BrOSi/c1-14(2,3)13-9-8-10-6-4-5-7-11(10)12/h4-7H,8-9H2,1-3H3. The van der Waals surface area contributed by atoms with Crippen LogP contribution in [-0.4, -0.2) is 14.9 Å². The molecule has 1 nitrogen and oxygen atoms in total. The molecular weight excluding hydrogens is 256 g/mol. The van der Waals surface area contributed by atoms with Gasteiger partial charge in [0.2, 0.25) is 0 Å². The lowest BCUT2D eigenvalue weighted by Crippen LogP contribution is -2.26. The Morgan fingerprint density at radius 1 is 1.21 bits per heavy atom. The number of hydrogen-bond acceptors (Lipinski definition) is 1. The van der Waals surface area contributed by atoms with E-state index in [1.165, 1.54) is 10.0 Å². The molecule has 1 rings (SSSR count). The van der Waals surface area contributed by atoms with E-state index >= 15 is 0 Å². The van der Waals surface area contributed by atoms with E-state index in [9.17, 15) is 0 Å². The van der Waals surface area contributed by atoms with Crippen LogP contribution in [0.4, 0.5) is 0 Å². The van der Waals surface area contributed by atoms with Crippen molar-refractivity contribution < 1.29 is 4.43 Å². The highest BCUT2D eigenvalue weighted by molar-refractivity contribution is 9.10. The van der Waals surface area contributed by atoms with E-state index in [2.05, 4.69) is 53.8 Å². The Hall–Kier alpha value is -0.123. The Bertz CT molecular complexity index is 294. The molecule has 0 spiro atoms. The van der Waals surface area contributed by atoms with Crippen LogP contribution >= 0.6 is 15.9 Å². The molecule has 0 heterocycles. The van der Waals surface area contributed by atoms with Gasteiger partial charge in [0.15, 0.2) is 8.32 Å². The molecule has 0 aliphatic rings. The second-order valence-electron chi connectivity index (χ2n) is 4.30. The predicted molar refractivity (Wildman–Crippen MR) is 67.1 cm³/mol. The molecule has 1 aromatic carbocycles. The minimum atomic E-state index is -1.34. The van der Waals surface area contributed by atoms with Gasteiger partial charge < -0.3 is 4.43 Å². The quantitative estimate of drug-likeness (QED) is 0.757. The maximum atomic E-state index is 5.81. The van der Waals surface area contributed by atoms with Crippen LogP contribution in [0.3, 0.4) is 0 Å². The summed E-state index contributed by atoms with van der Waals surface area (Å²) in [5.74, 6) is 0. The SMILES string of the molecule is C[Si](C)(C)OCCc1ccccc1Br. The van der Waals surface area contributed by atoms with E-state index in [1.54, 1.807) is 0 Å². The molecule has 0 N–H and O–H groups in total. The van der Waals surface area contributed by atoms with Crippen LogP contribution in [0, 0.1) is 0 Å². The summed E-state index contributed by atoms with van der Waals surface area (Å²) >= 11 is 3.53. The zero-order valence-corrected chi connectivity index (χ0v) is 11.6. The lowest BCUT2D eigenvalue weighted by Gasteiger charge is -2.17. The first-order valence-corrected chi connectivity index (χ1v) is 9.06. The van der Waals surface area contributed by atoms with E-state index in [-0.39, 0.29) is 0 Å². The molecule has 0 aliphatic carbocycles. The molecule has 0 atom stereocenters. The topological polar surface area (TPSA) is 9.23 Å². The summed E-state index contributed by atoms with van der Waals surface area (Å²) < 4.78 is 6.99. The third kappa shape index (κ3) is 4.40. The van der Waals surface area contributed by atoms with Gasteiger partial charge in [0.1, 0.15) is 0 Å². The molecular formula is C11H17BrOSi. The molecule has 0 unspecified atom stereocenters. The molecule has 14 heavy (non-hydrogen) atoms. The molecule has 0 fully saturated rings. The van der Waals surface area contributed by atoms with Gasteiger partial charge in [0.05, 0.1) is 0 Å². The number of hydrogen-bond donors (Lipinski definition) is 0. The van der Waals surface area contributed by atoms with Gasteiger partial charge in [0, 0.05) is 11.1 Å². The Balaban J connectivity index is 2.43. The van der Waals surface area contributed by atoms with Crippen LogP contribution in [0.15, 0.2) is 28.7 Å². The third-order valence-electron chi connectivity index (χ3n) is 1.86. The maximum Gasteiger partial charge on any atom is 0.183 e. The number of halogens is 1. The Morgan fingerprint density at radius 2 is 1.86 bits per heavy atom. The molecule has 0 saturated heterocycles. The second kappa shape index (κ2) is 5.10. The van der Waals surface area contributed by atoms with Crippen molar-refractivity contribution in [2.24, 2.45) is 0 Å². The summed E-state index contributed by atoms with van der Waals surface area (Å²) in [5.41, 5.74) is 1.32. The van der Waals surface area contributed by atoms with E-state index in [0.717, 1.165) is 13.0 Å². The first-order valence-electron chi connectivity index (χ1n) is 4.86. The predicted octanol–water partition coefficient (Wildman–Crippen LogP) is 3.84. The fraction of sp³-hybridized carbons (Fsp3) is 0.455. The van der Waals surface area contributed by atoms with Crippen molar-refractivity contribution in [3.8, 4) is 0 Å². The van der Waals surface area contributed by atoms with Gasteiger partial charge >= 0.3 is 0 Å². The molecule has 0 saturated carbocycles. The van der Waals surface area contributed by atoms with E-state index < -0.39 is 8.32 Å². The summed E-state index contributed by atoms with van der Waals surface area (Å²) in [6, 6.07) is 8.31. The Kier molecular flexibility index (Phi) is 4.35. The van der Waals surface area contributed by atoms with Crippen molar-refractivity contribution in [3.05, 3.63) is 34.3 Å². The van der Waals surface area contributed by atoms with Gasteiger partial charge in [0.25, 0.3) is 0 Å². The summed E-state index contributed by atoms with van der Waals surface area (Å²) in [7, 11) is -1.34. The zero-order chi connectivity index (χ0) is 10.6. The molecule has 0 aromatic heterocycles. The van der Waals surface area contributed by atoms with E-state index in [4.69, 9.17) is 4.43 Å². The van der Waals surface area contributed by atoms with Gasteiger partial charge in [-0.1, -0.05) is 34.1 Å². The highest BCUT2D eigenvalue weighted by Gasteiger charge is 2.13. The highest BCUT2D eigenvalue weighted by Crippen LogP contribution is 2.16. The van der Waals surface area contributed by atoms with Crippen LogP contribution in [0.25, 0.3) is 0 Å². The zero-order valence-electron chi connectivity index (χ0n) is 9.01. The van der Waals surface area contributed by atoms with Gasteiger partial charge in [-0.3, -0.25) is 0 Å². The van der Waals surface area contributed by atoms with Crippen molar-refractivity contribution in [1.29, 1.82) is 0 Å². The second-order valence-corrected chi connectivity index (χ2v) is 9.67. The smallest absolute Gasteiger partial charge is 0.183 e. The van der Waals surface area contributed by atoms with Gasteiger partial charge in [-0.2, -0.15) is 0 Å². The van der Waals surface area contributed by atoms with Crippen LogP contribution in [-0.2, 0) is 10.8 Å². The fourth-order valence-corrected chi connectivity index (χ4v) is 2.37. The van der Waals surface area contributed by atoms with Crippen molar-refractivity contribution in [3.63, 3.8) is 0 Å². The molecule has 0 radical (unpaired) electrons. The maximum absolute atomic E-state index is 5.81. The lowest BCUT2D eigenvalue weighted by molar-refractivity contribution is 0.315. The van der Waals surface area contributed by atoms with E-state index in [0.29, 0.717) is 0 Å². The monoisotopic (exact) mass is 272 g/mol. The first kappa shape index (κ1) is 11.9. The van der Waals surface area contributed by atoms with Crippen molar-refractivity contribution in [2.75, 3.05) is 6.61 Å². The first-order chi connectivity index (χ1) is 6.49. The van der Waals surface area contributed by atoms with Gasteiger partial charge in [-0.05, 0) is 37.7 Å². The summed E-state index contributed by atoms with van der Waals surface area (Å²) in [4.78, 5) is 0. The van der Waals surface area contributed by atoms with Crippen molar-refractivity contribution in [2.45, 2.75) is 26.1 Å². The molecule has 3 heteroatoms. The third-order valence-corrected chi connectivity index (χ3v) is 3.71. The minimum absolute atomic E-state index is 0.832. The Morgan fingerprint density at radius 3 is 2.43 bits per heavy atom. The van der Waals surface area contributed by atoms with Gasteiger partial charge in [-0.25, -0.2) is 0 Å². The van der Waals surface area contributed by atoms with Crippen LogP contribution in [0.1, 0.15) is 5.56 Å². The van der Waals surface area contributed by atoms with Crippen LogP contribution in [0.2, 0.25) is 19.6 Å². The number of benzene rings is 1. The Labute approximate surface area is 95.7 Å². The van der Waals surface area contributed by atoms with Crippen molar-refractivity contribution in [1.82, 2.24) is 0 Å². The normalized spacial score (nSPS) is 11.7. The molecule has 0 aliphatic heterocycles. The molecule has 78 valence electrons. The van der Waals surface area contributed by atoms with Crippen LogP contribution < -0.4 is 0 Å². The lowest BCUT2D eigenvalue weighted by atomic mass is 10.2. The number of rotatable bonds is 4. The molecule has 1 aromatic rings. The minimum Gasteiger partial charge on any atom is -0.417 e. The van der Waals surface area contributed by atoms with Crippen molar-refractivity contribution >= 4 is 24.2 Å². The average molecular weight is 273 g/mol. The van der Waals surface area contributed by atoms with Crippen LogP contribution in [0.5, 0.6) is 0 Å². The summed E-state index contributed by atoms with van der Waals surface area (Å²) in [5, 5.41) is 0. The highest BCUT2D eigenvalue weighted by atomic mass is 79.9. The molecule has 0 amide bonds. The summed E-state index contributed by atoms with van der Waals surface area (Å²) in [6.07, 6.45) is 0.992.